The highest BCUT2D eigenvalue weighted by Gasteiger charge is 1.90. The number of aliphatic carboxylic acids is 1. The van der Waals surface area contributed by atoms with E-state index in [1.807, 2.05) is 0 Å². The third-order valence-corrected chi connectivity index (χ3v) is 1.07. The fourth-order valence-corrected chi connectivity index (χ4v) is 0.283. The number of hydrogen-bond acceptors (Lipinski definition) is 5. The van der Waals surface area contributed by atoms with Crippen molar-refractivity contribution in [3.8, 4) is 0 Å². The summed E-state index contributed by atoms with van der Waals surface area (Å²) in [6.45, 7) is 5.95. The Balaban J connectivity index is -0.000000180. The second kappa shape index (κ2) is 17.2. The maximum Gasteiger partial charge on any atom is 0.330 e. The molecule has 0 fully saturated rings. The topological polar surface area (TPSA) is 118 Å². The standard InChI is InChI=1S/C5H10O2.C4H6O2.C2H6O2/c1-2-3-5(7)4-6;1-3(2)4(5)6;3-1-2-4/h2-3,5-7H,4H2,1H3;1H2,2H3,(H,5,6);3-4H,1-2H2. The Morgan fingerprint density at radius 1 is 1.29 bits per heavy atom. The lowest BCUT2D eigenvalue weighted by atomic mass is 10.3. The highest BCUT2D eigenvalue weighted by atomic mass is 16.4. The van der Waals surface area contributed by atoms with Crippen molar-refractivity contribution >= 4 is 5.97 Å². The van der Waals surface area contributed by atoms with Crippen LogP contribution in [-0.2, 0) is 4.79 Å². The monoisotopic (exact) mass is 250 g/mol. The van der Waals surface area contributed by atoms with Crippen molar-refractivity contribution in [1.29, 1.82) is 0 Å². The quantitative estimate of drug-likeness (QED) is 0.340. The lowest BCUT2D eigenvalue weighted by Crippen LogP contribution is -2.06. The minimum Gasteiger partial charge on any atom is -0.478 e. The summed E-state index contributed by atoms with van der Waals surface area (Å²) in [4.78, 5) is 9.60. The molecule has 0 saturated heterocycles. The molecule has 0 saturated carbocycles. The zero-order chi connectivity index (χ0) is 14.3. The summed E-state index contributed by atoms with van der Waals surface area (Å²) >= 11 is 0. The lowest BCUT2D eigenvalue weighted by molar-refractivity contribution is -0.132. The van der Waals surface area contributed by atoms with Gasteiger partial charge in [0.05, 0.1) is 25.9 Å². The highest BCUT2D eigenvalue weighted by molar-refractivity contribution is 5.84. The first-order chi connectivity index (χ1) is 7.87. The Morgan fingerprint density at radius 2 is 1.65 bits per heavy atom. The molecule has 0 amide bonds. The third-order valence-electron chi connectivity index (χ3n) is 1.07. The van der Waals surface area contributed by atoms with Gasteiger partial charge in [-0.1, -0.05) is 18.7 Å². The van der Waals surface area contributed by atoms with E-state index in [0.29, 0.717) is 0 Å². The van der Waals surface area contributed by atoms with Crippen LogP contribution in [0.1, 0.15) is 13.8 Å². The van der Waals surface area contributed by atoms with Gasteiger partial charge in [0.1, 0.15) is 0 Å². The fourth-order valence-electron chi connectivity index (χ4n) is 0.283. The van der Waals surface area contributed by atoms with Crippen molar-refractivity contribution < 1.29 is 30.3 Å². The molecule has 0 bridgehead atoms. The fraction of sp³-hybridized carbons (Fsp3) is 0.545. The third kappa shape index (κ3) is 31.3. The first-order valence-corrected chi connectivity index (χ1v) is 4.89. The number of rotatable bonds is 4. The van der Waals surface area contributed by atoms with Crippen molar-refractivity contribution in [2.24, 2.45) is 0 Å². The minimum absolute atomic E-state index is 0.125. The van der Waals surface area contributed by atoms with Crippen molar-refractivity contribution in [1.82, 2.24) is 0 Å². The van der Waals surface area contributed by atoms with E-state index in [4.69, 9.17) is 25.5 Å². The van der Waals surface area contributed by atoms with Gasteiger partial charge in [0, 0.05) is 5.57 Å². The van der Waals surface area contributed by atoms with E-state index < -0.39 is 12.1 Å². The molecule has 5 N–H and O–H groups in total. The molecule has 102 valence electrons. The van der Waals surface area contributed by atoms with Crippen LogP contribution in [0.3, 0.4) is 0 Å². The number of allylic oxidation sites excluding steroid dienone is 1. The second-order valence-corrected chi connectivity index (χ2v) is 2.81. The number of carboxylic acid groups (broad SMARTS) is 1. The molecule has 1 atom stereocenters. The summed E-state index contributed by atoms with van der Waals surface area (Å²) in [6, 6.07) is 0. The Bertz CT molecular complexity index is 198. The van der Waals surface area contributed by atoms with E-state index in [1.165, 1.54) is 13.0 Å². The van der Waals surface area contributed by atoms with Gasteiger partial charge < -0.3 is 25.5 Å². The summed E-state index contributed by atoms with van der Waals surface area (Å²) in [6.07, 6.45) is 2.55. The van der Waals surface area contributed by atoms with Gasteiger partial charge in [-0.15, -0.1) is 0 Å². The highest BCUT2D eigenvalue weighted by Crippen LogP contribution is 1.81. The predicted octanol–water partition coefficient (Wildman–Crippen LogP) is -0.466. The second-order valence-electron chi connectivity index (χ2n) is 2.81. The van der Waals surface area contributed by atoms with E-state index in [0.717, 1.165) is 0 Å². The van der Waals surface area contributed by atoms with Crippen LogP contribution in [0.2, 0.25) is 0 Å². The van der Waals surface area contributed by atoms with Crippen LogP contribution in [0.4, 0.5) is 0 Å². The van der Waals surface area contributed by atoms with Gasteiger partial charge in [-0.3, -0.25) is 0 Å². The molecule has 0 aromatic carbocycles. The van der Waals surface area contributed by atoms with Crippen LogP contribution in [0.5, 0.6) is 0 Å². The summed E-state index contributed by atoms with van der Waals surface area (Å²) in [5.74, 6) is -0.935. The number of carboxylic acids is 1. The number of aliphatic hydroxyl groups is 4. The minimum atomic E-state index is -0.935. The maximum atomic E-state index is 9.60. The Hall–Kier alpha value is -1.21. The molecule has 0 heterocycles. The molecular weight excluding hydrogens is 228 g/mol. The molecule has 0 aromatic heterocycles. The SMILES string of the molecule is C=C(C)C(=O)O.CC=CC(O)CO.OCCO. The van der Waals surface area contributed by atoms with E-state index in [9.17, 15) is 4.79 Å². The lowest BCUT2D eigenvalue weighted by Gasteiger charge is -1.94. The van der Waals surface area contributed by atoms with Crippen LogP contribution >= 0.6 is 0 Å². The van der Waals surface area contributed by atoms with Gasteiger partial charge in [-0.05, 0) is 13.8 Å². The van der Waals surface area contributed by atoms with Gasteiger partial charge in [0.25, 0.3) is 0 Å². The molecule has 6 nitrogen and oxygen atoms in total. The van der Waals surface area contributed by atoms with E-state index >= 15 is 0 Å². The Kier molecular flexibility index (Phi) is 21.4. The maximum absolute atomic E-state index is 9.60. The average molecular weight is 250 g/mol. The molecule has 17 heavy (non-hydrogen) atoms. The van der Waals surface area contributed by atoms with Gasteiger partial charge in [0.15, 0.2) is 0 Å². The first kappa shape index (κ1) is 21.1. The molecule has 1 unspecified atom stereocenters. The largest absolute Gasteiger partial charge is 0.478 e. The van der Waals surface area contributed by atoms with Gasteiger partial charge in [0.2, 0.25) is 0 Å². The van der Waals surface area contributed by atoms with Crippen molar-refractivity contribution in [2.75, 3.05) is 19.8 Å². The van der Waals surface area contributed by atoms with Gasteiger partial charge >= 0.3 is 5.97 Å². The van der Waals surface area contributed by atoms with E-state index in [1.54, 1.807) is 13.0 Å². The molecule has 0 rings (SSSR count). The van der Waals surface area contributed by atoms with Crippen molar-refractivity contribution in [3.05, 3.63) is 24.3 Å². The van der Waals surface area contributed by atoms with Crippen LogP contribution < -0.4 is 0 Å². The molecule has 0 aliphatic heterocycles. The molecule has 6 heteroatoms. The normalized spacial score (nSPS) is 10.7. The number of carbonyl (C=O) groups is 1. The Labute approximate surface area is 101 Å². The van der Waals surface area contributed by atoms with Crippen LogP contribution in [0.15, 0.2) is 24.3 Å². The van der Waals surface area contributed by atoms with Crippen molar-refractivity contribution in [3.63, 3.8) is 0 Å². The van der Waals surface area contributed by atoms with E-state index in [-0.39, 0.29) is 25.4 Å². The average Bonchev–Trinajstić information content (AvgIpc) is 2.30. The first-order valence-electron chi connectivity index (χ1n) is 4.89. The number of hydrogen-bond donors (Lipinski definition) is 5. The smallest absolute Gasteiger partial charge is 0.330 e. The zero-order valence-electron chi connectivity index (χ0n) is 10.2. The molecule has 0 aromatic rings. The van der Waals surface area contributed by atoms with Gasteiger partial charge in [-0.2, -0.15) is 0 Å². The van der Waals surface area contributed by atoms with Crippen LogP contribution in [-0.4, -0.2) is 57.4 Å². The van der Waals surface area contributed by atoms with Gasteiger partial charge in [-0.25, -0.2) is 4.79 Å². The predicted molar refractivity (Wildman–Crippen MR) is 64.5 cm³/mol. The molecule has 0 spiro atoms. The van der Waals surface area contributed by atoms with Crippen LogP contribution in [0, 0.1) is 0 Å². The molecule has 0 radical (unpaired) electrons. The summed E-state index contributed by atoms with van der Waals surface area (Å²) in [5, 5.41) is 39.8. The van der Waals surface area contributed by atoms with E-state index in [2.05, 4.69) is 6.58 Å². The molecule has 0 aliphatic rings. The zero-order valence-corrected chi connectivity index (χ0v) is 10.2. The summed E-state index contributed by atoms with van der Waals surface area (Å²) in [7, 11) is 0. The summed E-state index contributed by atoms with van der Waals surface area (Å²) in [5.41, 5.74) is 0.176. The molecular formula is C11H22O6. The Morgan fingerprint density at radius 3 is 1.71 bits per heavy atom. The number of aliphatic hydroxyl groups excluding tert-OH is 4. The van der Waals surface area contributed by atoms with Crippen molar-refractivity contribution in [2.45, 2.75) is 20.0 Å². The summed E-state index contributed by atoms with van der Waals surface area (Å²) < 4.78 is 0. The molecule has 0 aliphatic carbocycles. The van der Waals surface area contributed by atoms with Crippen LogP contribution in [0.25, 0.3) is 0 Å².